The zero-order chi connectivity index (χ0) is 28.2. The number of anilines is 1. The number of amides is 1. The average molecular weight is 555 g/mol. The van der Waals surface area contributed by atoms with Crippen LogP contribution in [0.15, 0.2) is 66.7 Å². The molecule has 1 fully saturated rings. The number of fused-ring (bicyclic) bond motifs is 2. The third-order valence-electron chi connectivity index (χ3n) is 7.64. The van der Waals surface area contributed by atoms with Gasteiger partial charge in [0.15, 0.2) is 0 Å². The fourth-order valence-electron chi connectivity index (χ4n) is 5.66. The largest absolute Gasteiger partial charge is 0.481 e. The summed E-state index contributed by atoms with van der Waals surface area (Å²) >= 11 is 0. The summed E-state index contributed by atoms with van der Waals surface area (Å²) in [4.78, 5) is 22.8. The summed E-state index contributed by atoms with van der Waals surface area (Å²) in [6.07, 6.45) is -2.69. The molecule has 0 saturated carbocycles. The standard InChI is InChI=1S/C30H33F3N4O3/c1-39-27-14-8-13-26(35-27)37-19-17-36(18-20-37)16-7-6-15-29(28(38)34-21-30(31,32)33)22-9-2-4-11-24(22)40-25-12-5-3-10-23(25)29/h2-5,8-14H,6-7,15-21H2,1H3,(H,34,38). The summed E-state index contributed by atoms with van der Waals surface area (Å²) in [5.74, 6) is 1.80. The van der Waals surface area contributed by atoms with Gasteiger partial charge >= 0.3 is 6.18 Å². The van der Waals surface area contributed by atoms with Crippen molar-refractivity contribution in [3.8, 4) is 17.4 Å². The van der Waals surface area contributed by atoms with Crippen molar-refractivity contribution in [3.63, 3.8) is 0 Å². The first-order chi connectivity index (χ1) is 19.3. The van der Waals surface area contributed by atoms with Gasteiger partial charge in [-0.3, -0.25) is 9.69 Å². The lowest BCUT2D eigenvalue weighted by Crippen LogP contribution is -2.49. The Hall–Kier alpha value is -3.79. The number of ether oxygens (including phenoxy) is 2. The van der Waals surface area contributed by atoms with Gasteiger partial charge in [0.2, 0.25) is 11.8 Å². The highest BCUT2D eigenvalue weighted by atomic mass is 19.4. The maximum Gasteiger partial charge on any atom is 0.405 e. The molecule has 1 aromatic heterocycles. The van der Waals surface area contributed by atoms with Gasteiger partial charge in [-0.05, 0) is 37.6 Å². The molecule has 2 aromatic carbocycles. The lowest BCUT2D eigenvalue weighted by atomic mass is 9.68. The summed E-state index contributed by atoms with van der Waals surface area (Å²) in [6.45, 7) is 2.86. The summed E-state index contributed by atoms with van der Waals surface area (Å²) < 4.78 is 50.7. The molecule has 1 saturated heterocycles. The van der Waals surface area contributed by atoms with Crippen molar-refractivity contribution in [1.82, 2.24) is 15.2 Å². The molecular formula is C30H33F3N4O3. The molecule has 0 spiro atoms. The van der Waals surface area contributed by atoms with Crippen molar-refractivity contribution < 1.29 is 27.4 Å². The number of para-hydroxylation sites is 2. The van der Waals surface area contributed by atoms with Gasteiger partial charge < -0.3 is 19.7 Å². The molecule has 2 aliphatic rings. The monoisotopic (exact) mass is 554 g/mol. The molecule has 5 rings (SSSR count). The number of carbonyl (C=O) groups excluding carboxylic acids is 1. The normalized spacial score (nSPS) is 16.4. The Morgan fingerprint density at radius 1 is 0.950 bits per heavy atom. The van der Waals surface area contributed by atoms with Gasteiger partial charge in [0, 0.05) is 43.4 Å². The van der Waals surface area contributed by atoms with E-state index in [4.69, 9.17) is 9.47 Å². The van der Waals surface area contributed by atoms with Crippen LogP contribution in [0.4, 0.5) is 19.0 Å². The summed E-state index contributed by atoms with van der Waals surface area (Å²) in [7, 11) is 1.60. The number of halogens is 3. The predicted molar refractivity (Wildman–Crippen MR) is 146 cm³/mol. The maximum atomic E-state index is 13.7. The van der Waals surface area contributed by atoms with E-state index in [1.165, 1.54) is 0 Å². The second kappa shape index (κ2) is 11.8. The third kappa shape index (κ3) is 5.86. The number of hydrogen-bond donors (Lipinski definition) is 1. The number of pyridine rings is 1. The molecule has 7 nitrogen and oxygen atoms in total. The Morgan fingerprint density at radius 2 is 1.60 bits per heavy atom. The van der Waals surface area contributed by atoms with Crippen molar-refractivity contribution in [3.05, 3.63) is 77.9 Å². The van der Waals surface area contributed by atoms with E-state index in [-0.39, 0.29) is 0 Å². The van der Waals surface area contributed by atoms with Crippen LogP contribution >= 0.6 is 0 Å². The molecule has 10 heteroatoms. The summed E-state index contributed by atoms with van der Waals surface area (Å²) in [5, 5.41) is 2.18. The quantitative estimate of drug-likeness (QED) is 0.369. The minimum atomic E-state index is -4.51. The van der Waals surface area contributed by atoms with Crippen LogP contribution in [0.1, 0.15) is 30.4 Å². The molecule has 1 N–H and O–H groups in total. The molecule has 0 unspecified atom stereocenters. The Morgan fingerprint density at radius 3 is 2.23 bits per heavy atom. The number of aromatic nitrogens is 1. The van der Waals surface area contributed by atoms with Crippen LogP contribution in [0.2, 0.25) is 0 Å². The third-order valence-corrected chi connectivity index (χ3v) is 7.64. The first-order valence-corrected chi connectivity index (χ1v) is 13.5. The van der Waals surface area contributed by atoms with Gasteiger partial charge in [-0.15, -0.1) is 0 Å². The minimum Gasteiger partial charge on any atom is -0.481 e. The molecule has 3 heterocycles. The second-order valence-corrected chi connectivity index (χ2v) is 10.1. The Bertz CT molecular complexity index is 1280. The minimum absolute atomic E-state index is 0.363. The van der Waals surface area contributed by atoms with E-state index in [2.05, 4.69) is 20.1 Å². The van der Waals surface area contributed by atoms with Gasteiger partial charge in [-0.25, -0.2) is 0 Å². The number of hydrogen-bond acceptors (Lipinski definition) is 6. The topological polar surface area (TPSA) is 66.9 Å². The number of carbonyl (C=O) groups is 1. The first-order valence-electron chi connectivity index (χ1n) is 13.5. The van der Waals surface area contributed by atoms with Crippen molar-refractivity contribution >= 4 is 11.7 Å². The molecule has 0 aliphatic carbocycles. The van der Waals surface area contributed by atoms with Crippen LogP contribution in [-0.4, -0.2) is 68.3 Å². The molecule has 0 bridgehead atoms. The van der Waals surface area contributed by atoms with Crippen molar-refractivity contribution in [2.75, 3.05) is 51.3 Å². The number of nitrogens with zero attached hydrogens (tertiary/aromatic N) is 3. The van der Waals surface area contributed by atoms with Crippen LogP contribution in [0.25, 0.3) is 0 Å². The SMILES string of the molecule is COc1cccc(N2CCN(CCCCC3(C(=O)NCC(F)(F)F)c4ccccc4Oc4ccccc43)CC2)n1. The van der Waals surface area contributed by atoms with Gasteiger partial charge in [0.05, 0.1) is 7.11 Å². The number of benzene rings is 2. The highest BCUT2D eigenvalue weighted by Crippen LogP contribution is 2.50. The lowest BCUT2D eigenvalue weighted by molar-refractivity contribution is -0.141. The van der Waals surface area contributed by atoms with Crippen LogP contribution in [-0.2, 0) is 10.2 Å². The van der Waals surface area contributed by atoms with E-state index >= 15 is 0 Å². The van der Waals surface area contributed by atoms with Crippen LogP contribution in [0.5, 0.6) is 17.4 Å². The van der Waals surface area contributed by atoms with Crippen LogP contribution in [0, 0.1) is 0 Å². The Labute approximate surface area is 231 Å². The zero-order valence-corrected chi connectivity index (χ0v) is 22.4. The van der Waals surface area contributed by atoms with E-state index in [1.54, 1.807) is 55.6 Å². The van der Waals surface area contributed by atoms with E-state index in [0.29, 0.717) is 41.3 Å². The van der Waals surface area contributed by atoms with E-state index < -0.39 is 24.0 Å². The fourth-order valence-corrected chi connectivity index (χ4v) is 5.66. The number of methoxy groups -OCH3 is 1. The fraction of sp³-hybridized carbons (Fsp3) is 0.400. The van der Waals surface area contributed by atoms with Gasteiger partial charge in [-0.1, -0.05) is 48.9 Å². The first kappa shape index (κ1) is 27.8. The summed E-state index contributed by atoms with van der Waals surface area (Å²) in [6, 6.07) is 20.0. The van der Waals surface area contributed by atoms with Crippen LogP contribution < -0.4 is 19.7 Å². The highest BCUT2D eigenvalue weighted by molar-refractivity contribution is 5.94. The Kier molecular flexibility index (Phi) is 8.16. The van der Waals surface area contributed by atoms with Crippen LogP contribution in [0.3, 0.4) is 0 Å². The summed E-state index contributed by atoms with van der Waals surface area (Å²) in [5.41, 5.74) is -0.103. The molecule has 0 atom stereocenters. The predicted octanol–water partition coefficient (Wildman–Crippen LogP) is 5.15. The van der Waals surface area contributed by atoms with E-state index in [9.17, 15) is 18.0 Å². The zero-order valence-electron chi connectivity index (χ0n) is 22.4. The Balaban J connectivity index is 1.28. The average Bonchev–Trinajstić information content (AvgIpc) is 2.97. The smallest absolute Gasteiger partial charge is 0.405 e. The molecule has 40 heavy (non-hydrogen) atoms. The molecule has 0 radical (unpaired) electrons. The molecule has 2 aliphatic heterocycles. The van der Waals surface area contributed by atoms with E-state index in [0.717, 1.165) is 45.0 Å². The number of rotatable bonds is 9. The lowest BCUT2D eigenvalue weighted by Gasteiger charge is -2.39. The number of alkyl halides is 3. The van der Waals surface area contributed by atoms with Gasteiger partial charge in [0.1, 0.15) is 29.3 Å². The maximum absolute atomic E-state index is 13.7. The molecular weight excluding hydrogens is 521 g/mol. The highest BCUT2D eigenvalue weighted by Gasteiger charge is 2.48. The second-order valence-electron chi connectivity index (χ2n) is 10.1. The number of piperazine rings is 1. The molecule has 3 aromatic rings. The van der Waals surface area contributed by atoms with Gasteiger partial charge in [-0.2, -0.15) is 18.2 Å². The van der Waals surface area contributed by atoms with Gasteiger partial charge in [0.25, 0.3) is 0 Å². The molecule has 212 valence electrons. The number of unbranched alkanes of at least 4 members (excludes halogenated alkanes) is 1. The van der Waals surface area contributed by atoms with Crippen molar-refractivity contribution in [2.45, 2.75) is 30.9 Å². The van der Waals surface area contributed by atoms with Crippen molar-refractivity contribution in [1.29, 1.82) is 0 Å². The number of nitrogens with one attached hydrogen (secondary N) is 1. The van der Waals surface area contributed by atoms with E-state index in [1.807, 2.05) is 18.2 Å². The van der Waals surface area contributed by atoms with Crippen molar-refractivity contribution in [2.24, 2.45) is 0 Å². The molecule has 1 amide bonds.